The van der Waals surface area contributed by atoms with E-state index in [1.165, 1.54) is 12.0 Å². The topological polar surface area (TPSA) is 66.8 Å². The molecule has 2 aliphatic rings. The Morgan fingerprint density at radius 2 is 2.21 bits per heavy atom. The zero-order valence-electron chi connectivity index (χ0n) is 10.6. The van der Waals surface area contributed by atoms with Crippen LogP contribution in [0.3, 0.4) is 0 Å². The number of esters is 1. The summed E-state index contributed by atoms with van der Waals surface area (Å²) in [5.41, 5.74) is -0.574. The highest BCUT2D eigenvalue weighted by Crippen LogP contribution is 2.47. The van der Waals surface area contributed by atoms with Crippen molar-refractivity contribution in [2.24, 2.45) is 5.92 Å². The number of piperidine rings is 1. The van der Waals surface area contributed by atoms with Crippen molar-refractivity contribution >= 4 is 11.9 Å². The number of carbonyl (C=O) groups is 2. The van der Waals surface area contributed by atoms with Crippen LogP contribution in [0.25, 0.3) is 0 Å². The maximum atomic E-state index is 12.3. The fraction of sp³-hybridized carbons (Fsp3) is 0.429. The molecule has 2 unspecified atom stereocenters. The van der Waals surface area contributed by atoms with Gasteiger partial charge in [-0.1, -0.05) is 18.2 Å². The van der Waals surface area contributed by atoms with E-state index in [0.717, 1.165) is 0 Å². The average Bonchev–Trinajstić information content (AvgIpc) is 2.67. The molecule has 0 aromatic heterocycles. The Bertz CT molecular complexity index is 556. The monoisotopic (exact) mass is 261 g/mol. The van der Waals surface area contributed by atoms with E-state index in [0.29, 0.717) is 30.5 Å². The first kappa shape index (κ1) is 12.2. The number of aliphatic hydroxyl groups is 1. The second kappa shape index (κ2) is 4.06. The number of rotatable bonds is 1. The molecular weight excluding hydrogens is 246 g/mol. The van der Waals surface area contributed by atoms with Crippen molar-refractivity contribution in [2.75, 3.05) is 13.7 Å². The smallest absolute Gasteiger partial charge is 0.313 e. The first-order valence-corrected chi connectivity index (χ1v) is 6.32. The van der Waals surface area contributed by atoms with Crippen molar-refractivity contribution in [1.29, 1.82) is 0 Å². The first-order chi connectivity index (χ1) is 9.10. The van der Waals surface area contributed by atoms with Crippen LogP contribution in [0.2, 0.25) is 0 Å². The second-order valence-corrected chi connectivity index (χ2v) is 4.95. The molecular formula is C14H15NO4. The molecule has 0 bridgehead atoms. The minimum Gasteiger partial charge on any atom is -0.469 e. The standard InChI is InChI=1S/C14H15NO4/c1-19-13(17)11-7-4-8-15-12(16)9-5-2-3-6-10(9)14(11,15)18/h2-3,5-6,11,18H,4,7-8H2,1H3. The van der Waals surface area contributed by atoms with E-state index in [1.54, 1.807) is 24.3 Å². The lowest BCUT2D eigenvalue weighted by Gasteiger charge is -2.42. The lowest BCUT2D eigenvalue weighted by Crippen LogP contribution is -2.55. The van der Waals surface area contributed by atoms with Crippen molar-refractivity contribution in [3.8, 4) is 0 Å². The molecule has 0 radical (unpaired) electrons. The molecule has 19 heavy (non-hydrogen) atoms. The fourth-order valence-electron chi connectivity index (χ4n) is 3.16. The van der Waals surface area contributed by atoms with Gasteiger partial charge in [0.2, 0.25) is 0 Å². The molecule has 1 amide bonds. The third kappa shape index (κ3) is 1.45. The van der Waals surface area contributed by atoms with Crippen LogP contribution in [-0.2, 0) is 15.3 Å². The van der Waals surface area contributed by atoms with Gasteiger partial charge in [-0.2, -0.15) is 0 Å². The minimum absolute atomic E-state index is 0.216. The fourth-order valence-corrected chi connectivity index (χ4v) is 3.16. The van der Waals surface area contributed by atoms with Gasteiger partial charge in [-0.25, -0.2) is 0 Å². The number of amides is 1. The maximum absolute atomic E-state index is 12.3. The molecule has 1 aromatic carbocycles. The number of nitrogens with zero attached hydrogens (tertiary/aromatic N) is 1. The van der Waals surface area contributed by atoms with Gasteiger partial charge in [0.05, 0.1) is 7.11 Å². The van der Waals surface area contributed by atoms with Crippen molar-refractivity contribution in [3.63, 3.8) is 0 Å². The van der Waals surface area contributed by atoms with Gasteiger partial charge in [-0.05, 0) is 18.9 Å². The Labute approximate surface area is 110 Å². The number of hydrogen-bond acceptors (Lipinski definition) is 4. The van der Waals surface area contributed by atoms with Gasteiger partial charge in [0.15, 0.2) is 5.72 Å². The molecule has 1 aromatic rings. The highest BCUT2D eigenvalue weighted by molar-refractivity contribution is 6.00. The SMILES string of the molecule is COC(=O)C1CCCN2C(=O)c3ccccc3C12O. The Morgan fingerprint density at radius 1 is 1.47 bits per heavy atom. The summed E-state index contributed by atoms with van der Waals surface area (Å²) < 4.78 is 4.78. The normalized spacial score (nSPS) is 28.8. The molecule has 100 valence electrons. The van der Waals surface area contributed by atoms with Crippen LogP contribution in [0.1, 0.15) is 28.8 Å². The van der Waals surface area contributed by atoms with Crippen molar-refractivity contribution < 1.29 is 19.4 Å². The predicted molar refractivity (Wildman–Crippen MR) is 66.1 cm³/mol. The third-order valence-electron chi connectivity index (χ3n) is 4.06. The molecule has 2 heterocycles. The van der Waals surface area contributed by atoms with E-state index in [4.69, 9.17) is 4.74 Å². The highest BCUT2D eigenvalue weighted by atomic mass is 16.5. The Morgan fingerprint density at radius 3 is 2.95 bits per heavy atom. The Kier molecular flexibility index (Phi) is 2.60. The quantitative estimate of drug-likeness (QED) is 0.762. The molecule has 0 spiro atoms. The van der Waals surface area contributed by atoms with Gasteiger partial charge in [-0.3, -0.25) is 9.59 Å². The Balaban J connectivity index is 2.16. The zero-order valence-corrected chi connectivity index (χ0v) is 10.6. The van der Waals surface area contributed by atoms with Crippen LogP contribution < -0.4 is 0 Å². The summed E-state index contributed by atoms with van der Waals surface area (Å²) in [7, 11) is 1.30. The molecule has 1 fully saturated rings. The molecule has 2 aliphatic heterocycles. The molecule has 0 aliphatic carbocycles. The second-order valence-electron chi connectivity index (χ2n) is 4.95. The van der Waals surface area contributed by atoms with Crippen LogP contribution >= 0.6 is 0 Å². The first-order valence-electron chi connectivity index (χ1n) is 6.32. The predicted octanol–water partition coefficient (Wildman–Crippen LogP) is 0.871. The molecule has 0 saturated carbocycles. The number of methoxy groups -OCH3 is 1. The summed E-state index contributed by atoms with van der Waals surface area (Å²) in [6, 6.07) is 6.90. The van der Waals surface area contributed by atoms with Crippen LogP contribution in [0.5, 0.6) is 0 Å². The van der Waals surface area contributed by atoms with Gasteiger partial charge >= 0.3 is 5.97 Å². The van der Waals surface area contributed by atoms with Gasteiger partial charge < -0.3 is 14.7 Å². The van der Waals surface area contributed by atoms with Gasteiger partial charge in [0.1, 0.15) is 5.92 Å². The van der Waals surface area contributed by atoms with Crippen LogP contribution in [0.15, 0.2) is 24.3 Å². The van der Waals surface area contributed by atoms with Crippen LogP contribution in [0.4, 0.5) is 0 Å². The van der Waals surface area contributed by atoms with Crippen LogP contribution in [0, 0.1) is 5.92 Å². The summed E-state index contributed by atoms with van der Waals surface area (Å²) in [5.74, 6) is -1.41. The number of fused-ring (bicyclic) bond motifs is 3. The van der Waals surface area contributed by atoms with E-state index in [9.17, 15) is 14.7 Å². The van der Waals surface area contributed by atoms with E-state index >= 15 is 0 Å². The largest absolute Gasteiger partial charge is 0.469 e. The minimum atomic E-state index is -1.56. The molecule has 5 nitrogen and oxygen atoms in total. The van der Waals surface area contributed by atoms with E-state index in [1.807, 2.05) is 0 Å². The number of hydrogen-bond donors (Lipinski definition) is 1. The lowest BCUT2D eigenvalue weighted by atomic mass is 9.82. The van der Waals surface area contributed by atoms with Crippen molar-refractivity contribution in [2.45, 2.75) is 18.6 Å². The number of carbonyl (C=O) groups excluding carboxylic acids is 2. The molecule has 1 saturated heterocycles. The lowest BCUT2D eigenvalue weighted by molar-refractivity contribution is -0.183. The third-order valence-corrected chi connectivity index (χ3v) is 4.06. The van der Waals surface area contributed by atoms with Gasteiger partial charge in [0, 0.05) is 17.7 Å². The summed E-state index contributed by atoms with van der Waals surface area (Å²) in [6.07, 6.45) is 1.20. The average molecular weight is 261 g/mol. The summed E-state index contributed by atoms with van der Waals surface area (Å²) in [4.78, 5) is 25.6. The molecule has 5 heteroatoms. The Hall–Kier alpha value is -1.88. The van der Waals surface area contributed by atoms with E-state index in [2.05, 4.69) is 0 Å². The van der Waals surface area contributed by atoms with Crippen LogP contribution in [-0.4, -0.2) is 35.5 Å². The molecule has 3 rings (SSSR count). The maximum Gasteiger partial charge on any atom is 0.313 e. The zero-order chi connectivity index (χ0) is 13.6. The van der Waals surface area contributed by atoms with Gasteiger partial charge in [-0.15, -0.1) is 0 Å². The van der Waals surface area contributed by atoms with Crippen molar-refractivity contribution in [3.05, 3.63) is 35.4 Å². The summed E-state index contributed by atoms with van der Waals surface area (Å²) in [6.45, 7) is 0.456. The molecule has 2 atom stereocenters. The number of ether oxygens (including phenoxy) is 1. The molecule has 1 N–H and O–H groups in total. The van der Waals surface area contributed by atoms with Crippen molar-refractivity contribution in [1.82, 2.24) is 4.90 Å². The summed E-state index contributed by atoms with van der Waals surface area (Å²) >= 11 is 0. The van der Waals surface area contributed by atoms with E-state index in [-0.39, 0.29) is 5.91 Å². The number of benzene rings is 1. The summed E-state index contributed by atoms with van der Waals surface area (Å²) in [5, 5.41) is 11.0. The van der Waals surface area contributed by atoms with E-state index < -0.39 is 17.6 Å². The van der Waals surface area contributed by atoms with Gasteiger partial charge in [0.25, 0.3) is 5.91 Å². The highest BCUT2D eigenvalue weighted by Gasteiger charge is 2.57.